The molecule has 0 aromatic carbocycles. The van der Waals surface area contributed by atoms with Gasteiger partial charge in [0, 0.05) is 13.1 Å². The van der Waals surface area contributed by atoms with Crippen molar-refractivity contribution in [3.05, 3.63) is 0 Å². The monoisotopic (exact) mass is 259 g/mol. The third-order valence-corrected chi connectivity index (χ3v) is 2.40. The molecule has 5 nitrogen and oxygen atoms in total. The van der Waals surface area contributed by atoms with E-state index in [0.29, 0.717) is 19.5 Å². The Morgan fingerprint density at radius 3 is 2.22 bits per heavy atom. The summed E-state index contributed by atoms with van der Waals surface area (Å²) in [4.78, 5) is 24.2. The molecule has 0 aromatic heterocycles. The maximum absolute atomic E-state index is 11.9. The van der Waals surface area contributed by atoms with Gasteiger partial charge in [0.25, 0.3) is 0 Å². The first-order valence-electron chi connectivity index (χ1n) is 6.38. The van der Waals surface area contributed by atoms with E-state index in [1.54, 1.807) is 11.8 Å². The highest BCUT2D eigenvalue weighted by Crippen LogP contribution is 2.12. The molecule has 1 amide bonds. The van der Waals surface area contributed by atoms with Crippen LogP contribution in [0, 0.1) is 5.92 Å². The third kappa shape index (κ3) is 7.14. The molecule has 0 radical (unpaired) electrons. The minimum Gasteiger partial charge on any atom is -0.481 e. The lowest BCUT2D eigenvalue weighted by Crippen LogP contribution is -2.38. The number of carbonyl (C=O) groups excluding carboxylic acids is 1. The highest BCUT2D eigenvalue weighted by atomic mass is 16.6. The number of rotatable bonds is 6. The maximum Gasteiger partial charge on any atom is 0.410 e. The van der Waals surface area contributed by atoms with Crippen LogP contribution in [-0.2, 0) is 9.53 Å². The maximum atomic E-state index is 11.9. The molecule has 1 N–H and O–H groups in total. The van der Waals surface area contributed by atoms with Crippen LogP contribution in [0.1, 0.15) is 47.5 Å². The molecular formula is C13H25NO4. The quantitative estimate of drug-likeness (QED) is 0.796. The van der Waals surface area contributed by atoms with Crippen molar-refractivity contribution in [3.63, 3.8) is 0 Å². The Labute approximate surface area is 109 Å². The predicted molar refractivity (Wildman–Crippen MR) is 69.5 cm³/mol. The van der Waals surface area contributed by atoms with Crippen molar-refractivity contribution >= 4 is 12.1 Å². The molecule has 0 rings (SSSR count). The molecule has 5 heteroatoms. The van der Waals surface area contributed by atoms with Crippen LogP contribution in [0.2, 0.25) is 0 Å². The van der Waals surface area contributed by atoms with Crippen molar-refractivity contribution < 1.29 is 19.4 Å². The van der Waals surface area contributed by atoms with Crippen molar-refractivity contribution in [2.24, 2.45) is 5.92 Å². The van der Waals surface area contributed by atoms with Gasteiger partial charge in [-0.05, 0) is 33.6 Å². The highest BCUT2D eigenvalue weighted by molar-refractivity contribution is 5.70. The Kier molecular flexibility index (Phi) is 6.73. The van der Waals surface area contributed by atoms with Crippen LogP contribution >= 0.6 is 0 Å². The molecule has 106 valence electrons. The topological polar surface area (TPSA) is 66.8 Å². The molecule has 0 aliphatic heterocycles. The number of nitrogens with zero attached hydrogens (tertiary/aromatic N) is 1. The second-order valence-electron chi connectivity index (χ2n) is 5.50. The molecule has 0 bridgehead atoms. The van der Waals surface area contributed by atoms with Gasteiger partial charge >= 0.3 is 12.1 Å². The van der Waals surface area contributed by atoms with Gasteiger partial charge < -0.3 is 14.7 Å². The smallest absolute Gasteiger partial charge is 0.410 e. The van der Waals surface area contributed by atoms with Crippen molar-refractivity contribution in [2.45, 2.75) is 53.1 Å². The van der Waals surface area contributed by atoms with Crippen molar-refractivity contribution in [3.8, 4) is 0 Å². The summed E-state index contributed by atoms with van der Waals surface area (Å²) < 4.78 is 5.28. The number of ether oxygens (including phenoxy) is 1. The summed E-state index contributed by atoms with van der Waals surface area (Å²) in [5, 5.41) is 8.82. The van der Waals surface area contributed by atoms with E-state index in [1.807, 2.05) is 27.7 Å². The zero-order chi connectivity index (χ0) is 14.3. The molecule has 0 aliphatic carbocycles. The third-order valence-electron chi connectivity index (χ3n) is 2.40. The van der Waals surface area contributed by atoms with Gasteiger partial charge in [-0.2, -0.15) is 0 Å². The molecule has 18 heavy (non-hydrogen) atoms. The van der Waals surface area contributed by atoms with Crippen LogP contribution in [0.5, 0.6) is 0 Å². The molecule has 0 saturated heterocycles. The minimum atomic E-state index is -0.837. The summed E-state index contributed by atoms with van der Waals surface area (Å²) >= 11 is 0. The largest absolute Gasteiger partial charge is 0.481 e. The normalized spacial score (nSPS) is 12.9. The lowest BCUT2D eigenvalue weighted by atomic mass is 10.1. The van der Waals surface area contributed by atoms with E-state index in [4.69, 9.17) is 9.84 Å². The van der Waals surface area contributed by atoms with E-state index in [2.05, 4.69) is 0 Å². The number of hydrogen-bond acceptors (Lipinski definition) is 3. The standard InChI is InChI=1S/C13H25NO4/c1-6-8-14(9-7-10(2)11(15)16)12(17)18-13(3,4)5/h10H,6-9H2,1-5H3,(H,15,16)/t10-/m1/s1. The van der Waals surface area contributed by atoms with Gasteiger partial charge in [-0.3, -0.25) is 4.79 Å². The van der Waals surface area contributed by atoms with Gasteiger partial charge in [0.2, 0.25) is 0 Å². The molecule has 0 spiro atoms. The number of aliphatic carboxylic acids is 1. The Morgan fingerprint density at radius 1 is 1.28 bits per heavy atom. The first kappa shape index (κ1) is 16.7. The summed E-state index contributed by atoms with van der Waals surface area (Å²) in [6, 6.07) is 0. The Morgan fingerprint density at radius 2 is 1.83 bits per heavy atom. The minimum absolute atomic E-state index is 0.373. The molecule has 0 aliphatic rings. The summed E-state index contributed by atoms with van der Waals surface area (Å²) in [5.41, 5.74) is -0.526. The molecule has 0 heterocycles. The van der Waals surface area contributed by atoms with Gasteiger partial charge in [-0.1, -0.05) is 13.8 Å². The van der Waals surface area contributed by atoms with E-state index in [-0.39, 0.29) is 6.09 Å². The second kappa shape index (κ2) is 7.24. The molecule has 1 atom stereocenters. The van der Waals surface area contributed by atoms with Crippen LogP contribution in [0.15, 0.2) is 0 Å². The van der Waals surface area contributed by atoms with Crippen molar-refractivity contribution in [1.29, 1.82) is 0 Å². The molecule has 0 fully saturated rings. The lowest BCUT2D eigenvalue weighted by molar-refractivity contribution is -0.141. The van der Waals surface area contributed by atoms with Crippen LogP contribution < -0.4 is 0 Å². The number of amides is 1. The van der Waals surface area contributed by atoms with Crippen molar-refractivity contribution in [1.82, 2.24) is 4.90 Å². The van der Waals surface area contributed by atoms with E-state index in [9.17, 15) is 9.59 Å². The summed E-state index contributed by atoms with van der Waals surface area (Å²) in [7, 11) is 0. The van der Waals surface area contributed by atoms with E-state index >= 15 is 0 Å². The second-order valence-corrected chi connectivity index (χ2v) is 5.50. The fraction of sp³-hybridized carbons (Fsp3) is 0.846. The van der Waals surface area contributed by atoms with E-state index < -0.39 is 17.5 Å². The number of carboxylic acids is 1. The summed E-state index contributed by atoms with van der Waals surface area (Å²) in [5.74, 6) is -1.29. The molecule has 0 aromatic rings. The van der Waals surface area contributed by atoms with Gasteiger partial charge in [0.15, 0.2) is 0 Å². The Balaban J connectivity index is 4.38. The van der Waals surface area contributed by atoms with Crippen LogP contribution in [0.25, 0.3) is 0 Å². The highest BCUT2D eigenvalue weighted by Gasteiger charge is 2.22. The van der Waals surface area contributed by atoms with Crippen LogP contribution in [0.3, 0.4) is 0 Å². The predicted octanol–water partition coefficient (Wildman–Crippen LogP) is 2.74. The first-order chi connectivity index (χ1) is 8.17. The van der Waals surface area contributed by atoms with Crippen molar-refractivity contribution in [2.75, 3.05) is 13.1 Å². The van der Waals surface area contributed by atoms with Crippen LogP contribution in [0.4, 0.5) is 4.79 Å². The number of hydrogen-bond donors (Lipinski definition) is 1. The van der Waals surface area contributed by atoms with E-state index in [1.165, 1.54) is 0 Å². The fourth-order valence-electron chi connectivity index (χ4n) is 1.36. The SMILES string of the molecule is CCCN(CC[C@@H](C)C(=O)O)C(=O)OC(C)(C)C. The van der Waals surface area contributed by atoms with Crippen LogP contribution in [-0.4, -0.2) is 40.8 Å². The molecular weight excluding hydrogens is 234 g/mol. The number of carboxylic acid groups (broad SMARTS) is 1. The van der Waals surface area contributed by atoms with Gasteiger partial charge in [0.1, 0.15) is 5.60 Å². The fourth-order valence-corrected chi connectivity index (χ4v) is 1.36. The zero-order valence-corrected chi connectivity index (χ0v) is 12.0. The lowest BCUT2D eigenvalue weighted by Gasteiger charge is -2.27. The van der Waals surface area contributed by atoms with Gasteiger partial charge in [0.05, 0.1) is 5.92 Å². The van der Waals surface area contributed by atoms with Gasteiger partial charge in [-0.25, -0.2) is 4.79 Å². The Bertz CT molecular complexity index is 283. The molecule has 0 saturated carbocycles. The first-order valence-corrected chi connectivity index (χ1v) is 6.38. The Hall–Kier alpha value is -1.26. The van der Waals surface area contributed by atoms with Gasteiger partial charge in [-0.15, -0.1) is 0 Å². The average molecular weight is 259 g/mol. The van der Waals surface area contributed by atoms with E-state index in [0.717, 1.165) is 6.42 Å². The average Bonchev–Trinajstić information content (AvgIpc) is 2.20. The zero-order valence-electron chi connectivity index (χ0n) is 12.0. The summed E-state index contributed by atoms with van der Waals surface area (Å²) in [6.45, 7) is 10.1. The number of carbonyl (C=O) groups is 2. The molecule has 0 unspecified atom stereocenters. The summed E-state index contributed by atoms with van der Waals surface area (Å²) in [6.07, 6.45) is 0.886.